The van der Waals surface area contributed by atoms with E-state index in [1.165, 1.54) is 66.1 Å². The van der Waals surface area contributed by atoms with Gasteiger partial charge in [0.2, 0.25) is 0 Å². The number of rotatable bonds is 2. The Morgan fingerprint density at radius 2 is 1.11 bits per heavy atom. The highest BCUT2D eigenvalue weighted by Crippen LogP contribution is 2.50. The van der Waals surface area contributed by atoms with Crippen molar-refractivity contribution in [2.75, 3.05) is 0 Å². The van der Waals surface area contributed by atoms with Crippen molar-refractivity contribution in [3.05, 3.63) is 132 Å². The average Bonchev–Trinajstić information content (AvgIpc) is 3.15. The Labute approximate surface area is 206 Å². The first kappa shape index (κ1) is 20.2. The molecule has 0 atom stereocenters. The Balaban J connectivity index is 1.51. The lowest BCUT2D eigenvalue weighted by Crippen LogP contribution is -2.14. The van der Waals surface area contributed by atoms with E-state index in [0.29, 0.717) is 0 Å². The fraction of sp³-hybridized carbons (Fsp3) is 0.0857. The van der Waals surface area contributed by atoms with Crippen LogP contribution in [0, 0.1) is 0 Å². The van der Waals surface area contributed by atoms with Crippen LogP contribution < -0.4 is 0 Å². The molecule has 0 nitrogen and oxygen atoms in total. The van der Waals surface area contributed by atoms with Gasteiger partial charge in [0, 0.05) is 5.41 Å². The van der Waals surface area contributed by atoms with Crippen LogP contribution in [0.1, 0.15) is 25.0 Å². The van der Waals surface area contributed by atoms with E-state index in [9.17, 15) is 0 Å². The molecule has 1 aliphatic carbocycles. The second-order valence-electron chi connectivity index (χ2n) is 10.2. The van der Waals surface area contributed by atoms with Crippen molar-refractivity contribution in [1.29, 1.82) is 0 Å². The normalized spacial score (nSPS) is 13.7. The highest BCUT2D eigenvalue weighted by molar-refractivity contribution is 6.14. The Kier molecular flexibility index (Phi) is 4.29. The number of hydrogen-bond donors (Lipinski definition) is 0. The Morgan fingerprint density at radius 1 is 0.400 bits per heavy atom. The summed E-state index contributed by atoms with van der Waals surface area (Å²) in [5.74, 6) is 0. The van der Waals surface area contributed by atoms with Crippen LogP contribution in [0.5, 0.6) is 0 Å². The van der Waals surface area contributed by atoms with E-state index >= 15 is 0 Å². The molecule has 0 fully saturated rings. The molecule has 0 aliphatic heterocycles. The van der Waals surface area contributed by atoms with E-state index in [2.05, 4.69) is 135 Å². The summed E-state index contributed by atoms with van der Waals surface area (Å²) in [6, 6.07) is 44.7. The van der Waals surface area contributed by atoms with Gasteiger partial charge in [-0.25, -0.2) is 0 Å². The van der Waals surface area contributed by atoms with Crippen LogP contribution in [0.25, 0.3) is 54.9 Å². The van der Waals surface area contributed by atoms with Crippen molar-refractivity contribution in [3.8, 4) is 33.4 Å². The zero-order valence-electron chi connectivity index (χ0n) is 20.0. The van der Waals surface area contributed by atoms with E-state index in [0.717, 1.165) is 0 Å². The van der Waals surface area contributed by atoms with Gasteiger partial charge in [-0.2, -0.15) is 0 Å². The van der Waals surface area contributed by atoms with Gasteiger partial charge in [0.1, 0.15) is 0 Å². The van der Waals surface area contributed by atoms with Gasteiger partial charge >= 0.3 is 0 Å². The fourth-order valence-corrected chi connectivity index (χ4v) is 6.02. The third-order valence-electron chi connectivity index (χ3n) is 7.86. The van der Waals surface area contributed by atoms with Crippen molar-refractivity contribution >= 4 is 21.5 Å². The van der Waals surface area contributed by atoms with E-state index in [-0.39, 0.29) is 5.41 Å². The van der Waals surface area contributed by atoms with Gasteiger partial charge in [-0.05, 0) is 84.3 Å². The first-order valence-electron chi connectivity index (χ1n) is 12.4. The molecule has 0 saturated carbocycles. The Bertz CT molecular complexity index is 1750. The molecule has 0 bridgehead atoms. The Morgan fingerprint density at radius 3 is 2.00 bits per heavy atom. The first-order valence-corrected chi connectivity index (χ1v) is 12.4. The maximum Gasteiger partial charge on any atom is 0.0159 e. The largest absolute Gasteiger partial charge is 0.0622 e. The zero-order valence-corrected chi connectivity index (χ0v) is 20.0. The maximum atomic E-state index is 2.44. The van der Waals surface area contributed by atoms with Crippen LogP contribution >= 0.6 is 0 Å². The SMILES string of the molecule is CC1(C)c2ccccc2-c2ccc(-c3cc4ccccc4c4ccc(-c5ccccc5)cc34)cc21. The zero-order chi connectivity index (χ0) is 23.6. The minimum Gasteiger partial charge on any atom is -0.0622 e. The van der Waals surface area contributed by atoms with Gasteiger partial charge in [-0.3, -0.25) is 0 Å². The van der Waals surface area contributed by atoms with E-state index in [1.807, 2.05) is 0 Å². The van der Waals surface area contributed by atoms with Gasteiger partial charge in [0.25, 0.3) is 0 Å². The molecule has 6 aromatic carbocycles. The van der Waals surface area contributed by atoms with Crippen LogP contribution in [0.4, 0.5) is 0 Å². The monoisotopic (exact) mass is 446 g/mol. The molecule has 0 spiro atoms. The van der Waals surface area contributed by atoms with Crippen LogP contribution in [0.15, 0.2) is 121 Å². The smallest absolute Gasteiger partial charge is 0.0159 e. The Hall–Kier alpha value is -4.16. The molecule has 0 radical (unpaired) electrons. The van der Waals surface area contributed by atoms with Crippen LogP contribution in [0.2, 0.25) is 0 Å². The summed E-state index contributed by atoms with van der Waals surface area (Å²) in [6.07, 6.45) is 0. The molecule has 0 heteroatoms. The van der Waals surface area contributed by atoms with Gasteiger partial charge < -0.3 is 0 Å². The number of benzene rings is 6. The molecule has 7 rings (SSSR count). The third-order valence-corrected chi connectivity index (χ3v) is 7.86. The predicted octanol–water partition coefficient (Wildman–Crippen LogP) is 9.63. The lowest BCUT2D eigenvalue weighted by Gasteiger charge is -2.22. The summed E-state index contributed by atoms with van der Waals surface area (Å²) in [5, 5.41) is 5.20. The van der Waals surface area contributed by atoms with Crippen molar-refractivity contribution in [1.82, 2.24) is 0 Å². The average molecular weight is 447 g/mol. The quantitative estimate of drug-likeness (QED) is 0.232. The van der Waals surface area contributed by atoms with E-state index < -0.39 is 0 Å². The van der Waals surface area contributed by atoms with Crippen molar-refractivity contribution in [3.63, 3.8) is 0 Å². The molecule has 0 amide bonds. The molecular weight excluding hydrogens is 420 g/mol. The van der Waals surface area contributed by atoms with Gasteiger partial charge in [0.15, 0.2) is 0 Å². The van der Waals surface area contributed by atoms with Crippen LogP contribution in [-0.2, 0) is 5.41 Å². The minimum atomic E-state index is -0.0101. The van der Waals surface area contributed by atoms with Gasteiger partial charge in [0.05, 0.1) is 0 Å². The fourth-order valence-electron chi connectivity index (χ4n) is 6.02. The minimum absolute atomic E-state index is 0.0101. The molecule has 1 aliphatic rings. The van der Waals surface area contributed by atoms with Crippen LogP contribution in [0.3, 0.4) is 0 Å². The molecular formula is C35H26. The van der Waals surface area contributed by atoms with Gasteiger partial charge in [-0.15, -0.1) is 0 Å². The molecule has 0 heterocycles. The van der Waals surface area contributed by atoms with E-state index in [4.69, 9.17) is 0 Å². The van der Waals surface area contributed by atoms with Crippen LogP contribution in [-0.4, -0.2) is 0 Å². The molecule has 0 N–H and O–H groups in total. The summed E-state index contributed by atoms with van der Waals surface area (Å²) in [7, 11) is 0. The third kappa shape index (κ3) is 3.00. The van der Waals surface area contributed by atoms with Crippen molar-refractivity contribution in [2.45, 2.75) is 19.3 Å². The second-order valence-corrected chi connectivity index (χ2v) is 10.2. The first-order chi connectivity index (χ1) is 17.1. The highest BCUT2D eigenvalue weighted by atomic mass is 14.4. The second kappa shape index (κ2) is 7.42. The summed E-state index contributed by atoms with van der Waals surface area (Å²) in [5.41, 5.74) is 10.6. The summed E-state index contributed by atoms with van der Waals surface area (Å²) in [6.45, 7) is 4.71. The molecule has 6 aromatic rings. The topological polar surface area (TPSA) is 0 Å². The highest BCUT2D eigenvalue weighted by Gasteiger charge is 2.35. The number of hydrogen-bond acceptors (Lipinski definition) is 0. The van der Waals surface area contributed by atoms with Crippen molar-refractivity contribution < 1.29 is 0 Å². The summed E-state index contributed by atoms with van der Waals surface area (Å²) >= 11 is 0. The van der Waals surface area contributed by atoms with E-state index in [1.54, 1.807) is 0 Å². The summed E-state index contributed by atoms with van der Waals surface area (Å²) < 4.78 is 0. The van der Waals surface area contributed by atoms with Crippen molar-refractivity contribution in [2.24, 2.45) is 0 Å². The number of fused-ring (bicyclic) bond motifs is 6. The maximum absolute atomic E-state index is 2.44. The standard InChI is InChI=1S/C35H26/c1-35(2)33-15-9-8-14-29(33)30-19-17-26(22-34(30)35)31-21-25-12-6-7-13-27(25)28-18-16-24(20-32(28)31)23-10-4-3-5-11-23/h3-22H,1-2H3. The molecule has 0 saturated heterocycles. The predicted molar refractivity (Wildman–Crippen MR) is 150 cm³/mol. The lowest BCUT2D eigenvalue weighted by molar-refractivity contribution is 0.660. The molecule has 0 unspecified atom stereocenters. The lowest BCUT2D eigenvalue weighted by atomic mass is 9.81. The molecule has 0 aromatic heterocycles. The summed E-state index contributed by atoms with van der Waals surface area (Å²) in [4.78, 5) is 0. The van der Waals surface area contributed by atoms with Gasteiger partial charge in [-0.1, -0.05) is 117 Å². The molecule has 166 valence electrons. The molecule has 35 heavy (non-hydrogen) atoms.